The van der Waals surface area contributed by atoms with E-state index in [1.807, 2.05) is 0 Å². The molecule has 4 N–H and O–H groups in total. The molecule has 0 aromatic carbocycles. The van der Waals surface area contributed by atoms with Crippen molar-refractivity contribution in [2.45, 2.75) is 44.2 Å². The molecule has 1 heterocycles. The van der Waals surface area contributed by atoms with Crippen LogP contribution in [-0.2, 0) is 14.4 Å². The minimum Gasteiger partial charge on any atom is -0.344 e. The molecular formula is C11H17N3O3. The molecular weight excluding hydrogens is 222 g/mol. The maximum atomic E-state index is 11.9. The highest BCUT2D eigenvalue weighted by Crippen LogP contribution is 2.24. The van der Waals surface area contributed by atoms with E-state index in [9.17, 15) is 14.4 Å². The van der Waals surface area contributed by atoms with Gasteiger partial charge >= 0.3 is 0 Å². The van der Waals surface area contributed by atoms with Crippen LogP contribution in [0.4, 0.5) is 0 Å². The molecule has 3 atom stereocenters. The van der Waals surface area contributed by atoms with E-state index in [4.69, 9.17) is 5.73 Å². The number of carbonyl (C=O) groups excluding carboxylic acids is 3. The van der Waals surface area contributed by atoms with Gasteiger partial charge in [0.1, 0.15) is 6.04 Å². The summed E-state index contributed by atoms with van der Waals surface area (Å²) in [5, 5.41) is 4.91. The van der Waals surface area contributed by atoms with Crippen LogP contribution >= 0.6 is 0 Å². The lowest BCUT2D eigenvalue weighted by Gasteiger charge is -2.23. The van der Waals surface area contributed by atoms with Crippen molar-refractivity contribution >= 4 is 17.7 Å². The molecule has 0 aromatic heterocycles. The number of nitrogens with one attached hydrogen (secondary N) is 2. The summed E-state index contributed by atoms with van der Waals surface area (Å²) in [6, 6.07) is -0.482. The summed E-state index contributed by atoms with van der Waals surface area (Å²) in [5.74, 6) is -0.886. The topological polar surface area (TPSA) is 101 Å². The van der Waals surface area contributed by atoms with Crippen molar-refractivity contribution in [3.05, 3.63) is 0 Å². The van der Waals surface area contributed by atoms with Gasteiger partial charge in [0.25, 0.3) is 0 Å². The van der Waals surface area contributed by atoms with Gasteiger partial charge in [-0.1, -0.05) is 0 Å². The first-order valence-corrected chi connectivity index (χ1v) is 5.96. The van der Waals surface area contributed by atoms with Gasteiger partial charge in [-0.05, 0) is 25.7 Å². The second-order valence-electron chi connectivity index (χ2n) is 4.78. The van der Waals surface area contributed by atoms with Crippen molar-refractivity contribution in [3.63, 3.8) is 0 Å². The first-order valence-electron chi connectivity index (χ1n) is 5.96. The summed E-state index contributed by atoms with van der Waals surface area (Å²) in [6.45, 7) is 0. The summed E-state index contributed by atoms with van der Waals surface area (Å²) < 4.78 is 0. The Kier molecular flexibility index (Phi) is 3.42. The molecule has 1 saturated carbocycles. The summed E-state index contributed by atoms with van der Waals surface area (Å²) in [6.07, 6.45) is 2.98. The minimum atomic E-state index is -0.572. The third-order valence-corrected chi connectivity index (χ3v) is 3.40. The number of hydrogen-bond acceptors (Lipinski definition) is 4. The number of nitrogens with two attached hydrogens (primary N) is 1. The Morgan fingerprint density at radius 1 is 1.29 bits per heavy atom. The Morgan fingerprint density at radius 3 is 2.65 bits per heavy atom. The predicted octanol–water partition coefficient (Wildman–Crippen LogP) is -0.965. The first-order chi connectivity index (χ1) is 8.06. The number of rotatable bonds is 2. The standard InChI is InChI=1S/C11H17N3O3/c12-7-2-1-6(5-7)10(16)13-8-3-4-9(15)14-11(8)17/h6-8H,1-5,12H2,(H,13,16)(H,14,15,17). The Hall–Kier alpha value is -1.43. The SMILES string of the molecule is NC1CCC(C(=O)NC2CCC(=O)NC2=O)C1. The van der Waals surface area contributed by atoms with E-state index >= 15 is 0 Å². The third kappa shape index (κ3) is 2.82. The molecule has 2 fully saturated rings. The molecule has 1 saturated heterocycles. The number of imide groups is 1. The van der Waals surface area contributed by atoms with Gasteiger partial charge in [-0.15, -0.1) is 0 Å². The lowest BCUT2D eigenvalue weighted by Crippen LogP contribution is -2.53. The van der Waals surface area contributed by atoms with Gasteiger partial charge in [0.15, 0.2) is 0 Å². The molecule has 6 heteroatoms. The molecule has 17 heavy (non-hydrogen) atoms. The molecule has 6 nitrogen and oxygen atoms in total. The van der Waals surface area contributed by atoms with Gasteiger partial charge in [0.05, 0.1) is 0 Å². The smallest absolute Gasteiger partial charge is 0.249 e. The van der Waals surface area contributed by atoms with Crippen LogP contribution in [0.3, 0.4) is 0 Å². The van der Waals surface area contributed by atoms with Crippen molar-refractivity contribution in [2.75, 3.05) is 0 Å². The molecule has 1 aliphatic carbocycles. The monoisotopic (exact) mass is 239 g/mol. The molecule has 94 valence electrons. The molecule has 1 aliphatic heterocycles. The van der Waals surface area contributed by atoms with Gasteiger partial charge in [-0.3, -0.25) is 19.7 Å². The van der Waals surface area contributed by atoms with E-state index < -0.39 is 11.9 Å². The van der Waals surface area contributed by atoms with Crippen molar-refractivity contribution in [3.8, 4) is 0 Å². The Bertz CT molecular complexity index is 356. The van der Waals surface area contributed by atoms with E-state index in [1.54, 1.807) is 0 Å². The second kappa shape index (κ2) is 4.83. The maximum absolute atomic E-state index is 11.9. The van der Waals surface area contributed by atoms with Gasteiger partial charge in [-0.2, -0.15) is 0 Å². The van der Waals surface area contributed by atoms with Gasteiger partial charge in [-0.25, -0.2) is 0 Å². The van der Waals surface area contributed by atoms with Crippen molar-refractivity contribution in [2.24, 2.45) is 11.7 Å². The maximum Gasteiger partial charge on any atom is 0.249 e. The van der Waals surface area contributed by atoms with Crippen LogP contribution < -0.4 is 16.4 Å². The van der Waals surface area contributed by atoms with Crippen LogP contribution in [-0.4, -0.2) is 29.8 Å². The molecule has 3 unspecified atom stereocenters. The minimum absolute atomic E-state index is 0.0876. The molecule has 0 aromatic rings. The number of hydrogen-bond donors (Lipinski definition) is 3. The zero-order valence-corrected chi connectivity index (χ0v) is 9.57. The van der Waals surface area contributed by atoms with Crippen molar-refractivity contribution in [1.29, 1.82) is 0 Å². The largest absolute Gasteiger partial charge is 0.344 e. The Balaban J connectivity index is 1.86. The lowest BCUT2D eigenvalue weighted by atomic mass is 10.0. The second-order valence-corrected chi connectivity index (χ2v) is 4.78. The van der Waals surface area contributed by atoms with Gasteiger partial charge in [0, 0.05) is 18.4 Å². The highest BCUT2D eigenvalue weighted by atomic mass is 16.2. The van der Waals surface area contributed by atoms with E-state index in [-0.39, 0.29) is 30.2 Å². The van der Waals surface area contributed by atoms with Crippen LogP contribution in [0, 0.1) is 5.92 Å². The summed E-state index contributed by atoms with van der Waals surface area (Å²) in [7, 11) is 0. The van der Waals surface area contributed by atoms with Crippen molar-refractivity contribution < 1.29 is 14.4 Å². The van der Waals surface area contributed by atoms with Gasteiger partial charge in [0.2, 0.25) is 17.7 Å². The average molecular weight is 239 g/mol. The Labute approximate surface area is 99.3 Å². The molecule has 3 amide bonds. The number of carbonyl (C=O) groups is 3. The van der Waals surface area contributed by atoms with Crippen LogP contribution in [0.1, 0.15) is 32.1 Å². The fourth-order valence-corrected chi connectivity index (χ4v) is 2.38. The van der Waals surface area contributed by atoms with Gasteiger partial charge < -0.3 is 11.1 Å². The molecule has 0 bridgehead atoms. The molecule has 0 spiro atoms. The number of amides is 3. The Morgan fingerprint density at radius 2 is 2.06 bits per heavy atom. The zero-order chi connectivity index (χ0) is 12.4. The van der Waals surface area contributed by atoms with E-state index in [1.165, 1.54) is 0 Å². The van der Waals surface area contributed by atoms with Crippen LogP contribution in [0.15, 0.2) is 0 Å². The van der Waals surface area contributed by atoms with E-state index in [2.05, 4.69) is 10.6 Å². The molecule has 2 aliphatic rings. The fourth-order valence-electron chi connectivity index (χ4n) is 2.38. The van der Waals surface area contributed by atoms with E-state index in [0.717, 1.165) is 12.8 Å². The average Bonchev–Trinajstić information content (AvgIpc) is 2.69. The molecule has 2 rings (SSSR count). The quantitative estimate of drug-likeness (QED) is 0.540. The highest BCUT2D eigenvalue weighted by molar-refractivity contribution is 6.01. The summed E-state index contributed by atoms with van der Waals surface area (Å²) in [4.78, 5) is 34.2. The normalized spacial score (nSPS) is 33.4. The van der Waals surface area contributed by atoms with Crippen LogP contribution in [0.25, 0.3) is 0 Å². The molecule has 0 radical (unpaired) electrons. The predicted molar refractivity (Wildman–Crippen MR) is 59.6 cm³/mol. The van der Waals surface area contributed by atoms with Crippen molar-refractivity contribution in [1.82, 2.24) is 10.6 Å². The fraction of sp³-hybridized carbons (Fsp3) is 0.727. The number of piperidine rings is 1. The van der Waals surface area contributed by atoms with Crippen LogP contribution in [0.5, 0.6) is 0 Å². The van der Waals surface area contributed by atoms with Crippen LogP contribution in [0.2, 0.25) is 0 Å². The third-order valence-electron chi connectivity index (χ3n) is 3.40. The summed E-state index contributed by atoms with van der Waals surface area (Å²) >= 11 is 0. The first kappa shape index (κ1) is 12.0. The highest BCUT2D eigenvalue weighted by Gasteiger charge is 2.32. The lowest BCUT2D eigenvalue weighted by molar-refractivity contribution is -0.138. The van der Waals surface area contributed by atoms with E-state index in [0.29, 0.717) is 12.8 Å². The zero-order valence-electron chi connectivity index (χ0n) is 9.57. The summed E-state index contributed by atoms with van der Waals surface area (Å²) in [5.41, 5.74) is 5.74.